The third-order valence-electron chi connectivity index (χ3n) is 7.75. The molecule has 6 rings (SSSR count). The van der Waals surface area contributed by atoms with Crippen molar-refractivity contribution in [3.63, 3.8) is 0 Å². The summed E-state index contributed by atoms with van der Waals surface area (Å²) in [7, 11) is 0. The lowest BCUT2D eigenvalue weighted by molar-refractivity contribution is -0.114. The number of nitrogens with zero attached hydrogens (tertiary/aromatic N) is 3. The van der Waals surface area contributed by atoms with Crippen LogP contribution in [0.4, 0.5) is 5.69 Å². The average molecular weight is 529 g/mol. The van der Waals surface area contributed by atoms with Crippen molar-refractivity contribution in [3.8, 4) is 0 Å². The van der Waals surface area contributed by atoms with Gasteiger partial charge in [-0.2, -0.15) is 0 Å². The van der Waals surface area contributed by atoms with E-state index in [9.17, 15) is 14.4 Å². The molecule has 0 unspecified atom stereocenters. The standard InChI is InChI=1S/C30H32N4O3S/c1-19(15-21-7-5-14-38-21)31-24-8-4-9-27(35)28(24)26-17-20-16-22-23(18-25(20)32-26)30(37)34(29(22)36)13-6-12-33-10-2-3-11-33/h4-5,7-8,14,16,18-19,32H,2-3,6,9-13,15,17H2,1H3/t19-/m1/s1. The fraction of sp³-hybridized carbons (Fsp3) is 0.400. The zero-order valence-electron chi connectivity index (χ0n) is 21.7. The minimum Gasteiger partial charge on any atom is -0.358 e. The van der Waals surface area contributed by atoms with Crippen molar-refractivity contribution < 1.29 is 14.4 Å². The van der Waals surface area contributed by atoms with E-state index in [4.69, 9.17) is 4.99 Å². The first-order chi connectivity index (χ1) is 18.5. The van der Waals surface area contributed by atoms with E-state index in [0.29, 0.717) is 41.8 Å². The summed E-state index contributed by atoms with van der Waals surface area (Å²) in [5.74, 6) is -0.399. The molecule has 0 radical (unpaired) electrons. The highest BCUT2D eigenvalue weighted by Gasteiger charge is 2.38. The number of benzene rings is 1. The van der Waals surface area contributed by atoms with Crippen LogP contribution in [0.25, 0.3) is 0 Å². The fourth-order valence-corrected chi connectivity index (χ4v) is 6.72. The molecule has 1 atom stereocenters. The molecule has 1 N–H and O–H groups in total. The Labute approximate surface area is 226 Å². The number of aliphatic imine (C=N–C) groups is 1. The average Bonchev–Trinajstić information content (AvgIpc) is 3.69. The molecule has 3 aliphatic heterocycles. The summed E-state index contributed by atoms with van der Waals surface area (Å²) in [6.45, 7) is 5.64. The number of nitrogens with one attached hydrogen (secondary N) is 1. The van der Waals surface area contributed by atoms with Gasteiger partial charge in [0.25, 0.3) is 11.8 Å². The molecular weight excluding hydrogens is 496 g/mol. The third kappa shape index (κ3) is 4.78. The Kier molecular flexibility index (Phi) is 6.84. The Morgan fingerprint density at radius 1 is 1.08 bits per heavy atom. The maximum Gasteiger partial charge on any atom is 0.261 e. The second kappa shape index (κ2) is 10.4. The molecule has 38 heavy (non-hydrogen) atoms. The van der Waals surface area contributed by atoms with Gasteiger partial charge < -0.3 is 10.2 Å². The van der Waals surface area contributed by atoms with E-state index in [1.807, 2.05) is 24.3 Å². The van der Waals surface area contributed by atoms with Crippen LogP contribution in [-0.2, 0) is 17.6 Å². The third-order valence-corrected chi connectivity index (χ3v) is 8.65. The van der Waals surface area contributed by atoms with Crippen LogP contribution in [0, 0.1) is 0 Å². The number of fused-ring (bicyclic) bond motifs is 2. The van der Waals surface area contributed by atoms with Crippen LogP contribution in [0.1, 0.15) is 63.8 Å². The van der Waals surface area contributed by atoms with Crippen molar-refractivity contribution >= 4 is 40.3 Å². The second-order valence-corrected chi connectivity index (χ2v) is 11.6. The molecule has 4 heterocycles. The van der Waals surface area contributed by atoms with Gasteiger partial charge in [-0.3, -0.25) is 24.3 Å². The Morgan fingerprint density at radius 2 is 1.87 bits per heavy atom. The Hall–Kier alpha value is -3.36. The quantitative estimate of drug-likeness (QED) is 0.418. The highest BCUT2D eigenvalue weighted by molar-refractivity contribution is 7.09. The molecule has 0 bridgehead atoms. The van der Waals surface area contributed by atoms with Crippen LogP contribution in [-0.4, -0.2) is 65.3 Å². The molecule has 4 aliphatic rings. The molecule has 196 valence electrons. The highest BCUT2D eigenvalue weighted by atomic mass is 32.1. The van der Waals surface area contributed by atoms with Crippen molar-refractivity contribution in [1.29, 1.82) is 0 Å². The number of imide groups is 1. The largest absolute Gasteiger partial charge is 0.358 e. The molecule has 0 spiro atoms. The lowest BCUT2D eigenvalue weighted by atomic mass is 9.93. The molecule has 2 aromatic rings. The summed E-state index contributed by atoms with van der Waals surface area (Å²) in [4.78, 5) is 49.3. The molecule has 2 amide bonds. The number of allylic oxidation sites excluding steroid dienone is 4. The number of carbonyl (C=O) groups is 3. The lowest BCUT2D eigenvalue weighted by Crippen LogP contribution is -2.33. The number of carbonyl (C=O) groups excluding carboxylic acids is 3. The van der Waals surface area contributed by atoms with Gasteiger partial charge in [-0.15, -0.1) is 11.3 Å². The second-order valence-electron chi connectivity index (χ2n) is 10.6. The van der Waals surface area contributed by atoms with E-state index in [2.05, 4.69) is 28.6 Å². The number of amides is 2. The number of anilines is 1. The van der Waals surface area contributed by atoms with Crippen molar-refractivity contribution in [2.45, 2.75) is 51.5 Å². The lowest BCUT2D eigenvalue weighted by Gasteiger charge is -2.18. The number of Topliss-reactive ketones (excluding diaryl/α,β-unsaturated/α-hetero) is 1. The predicted octanol–water partition coefficient (Wildman–Crippen LogP) is 4.65. The topological polar surface area (TPSA) is 82.1 Å². The van der Waals surface area contributed by atoms with E-state index in [1.54, 1.807) is 17.4 Å². The molecule has 1 aromatic carbocycles. The summed E-state index contributed by atoms with van der Waals surface area (Å²) in [5, 5.41) is 5.46. The number of hydrogen-bond donors (Lipinski definition) is 1. The first-order valence-corrected chi connectivity index (χ1v) is 14.4. The molecule has 0 saturated carbocycles. The zero-order chi connectivity index (χ0) is 26.2. The molecule has 1 saturated heterocycles. The Morgan fingerprint density at radius 3 is 2.63 bits per heavy atom. The minimum absolute atomic E-state index is 0.0359. The normalized spacial score (nSPS) is 22.9. The molecule has 1 aliphatic carbocycles. The van der Waals surface area contributed by atoms with E-state index >= 15 is 0 Å². The molecule has 7 nitrogen and oxygen atoms in total. The molecular formula is C30H32N4O3S. The molecule has 1 fully saturated rings. The van der Waals surface area contributed by atoms with Gasteiger partial charge in [0.15, 0.2) is 5.78 Å². The smallest absolute Gasteiger partial charge is 0.261 e. The fourth-order valence-electron chi connectivity index (χ4n) is 5.89. The van der Waals surface area contributed by atoms with Crippen molar-refractivity contribution in [2.75, 3.05) is 31.5 Å². The predicted molar refractivity (Wildman–Crippen MR) is 150 cm³/mol. The van der Waals surface area contributed by atoms with Crippen molar-refractivity contribution in [1.82, 2.24) is 9.80 Å². The maximum atomic E-state index is 13.2. The Balaban J connectivity index is 1.21. The molecule has 1 aromatic heterocycles. The maximum absolute atomic E-state index is 13.2. The van der Waals surface area contributed by atoms with Crippen molar-refractivity contribution in [2.24, 2.45) is 4.99 Å². The first-order valence-electron chi connectivity index (χ1n) is 13.5. The van der Waals surface area contributed by atoms with E-state index in [0.717, 1.165) is 49.4 Å². The van der Waals surface area contributed by atoms with Gasteiger partial charge in [0.2, 0.25) is 0 Å². The van der Waals surface area contributed by atoms with Gasteiger partial charge in [-0.05, 0) is 81.0 Å². The van der Waals surface area contributed by atoms with Gasteiger partial charge in [0.1, 0.15) is 0 Å². The van der Waals surface area contributed by atoms with Crippen LogP contribution < -0.4 is 5.32 Å². The molecule has 8 heteroatoms. The summed E-state index contributed by atoms with van der Waals surface area (Å²) >= 11 is 1.71. The summed E-state index contributed by atoms with van der Waals surface area (Å²) < 4.78 is 0. The van der Waals surface area contributed by atoms with E-state index < -0.39 is 0 Å². The monoisotopic (exact) mass is 528 g/mol. The zero-order valence-corrected chi connectivity index (χ0v) is 22.5. The van der Waals surface area contributed by atoms with Crippen LogP contribution in [0.2, 0.25) is 0 Å². The van der Waals surface area contributed by atoms with Gasteiger partial charge >= 0.3 is 0 Å². The van der Waals surface area contributed by atoms with Crippen LogP contribution in [0.15, 0.2) is 58.1 Å². The van der Waals surface area contributed by atoms with E-state index in [-0.39, 0.29) is 23.6 Å². The number of ketones is 1. The van der Waals surface area contributed by atoms with Crippen LogP contribution >= 0.6 is 11.3 Å². The van der Waals surface area contributed by atoms with Gasteiger partial charge in [-0.1, -0.05) is 12.1 Å². The van der Waals surface area contributed by atoms with Crippen LogP contribution in [0.5, 0.6) is 0 Å². The first kappa shape index (κ1) is 24.9. The highest BCUT2D eigenvalue weighted by Crippen LogP contribution is 2.36. The number of likely N-dealkylation sites (tertiary alicyclic amines) is 1. The van der Waals surface area contributed by atoms with Gasteiger partial charge in [0.05, 0.1) is 28.5 Å². The minimum atomic E-state index is -0.224. The summed E-state index contributed by atoms with van der Waals surface area (Å²) in [5.41, 5.74) is 4.74. The number of rotatable bonds is 7. The van der Waals surface area contributed by atoms with Crippen molar-refractivity contribution in [3.05, 3.63) is 74.6 Å². The van der Waals surface area contributed by atoms with Gasteiger partial charge in [0, 0.05) is 42.1 Å². The van der Waals surface area contributed by atoms with Gasteiger partial charge in [-0.25, -0.2) is 0 Å². The van der Waals surface area contributed by atoms with E-state index in [1.165, 1.54) is 22.6 Å². The Bertz CT molecular complexity index is 1340. The summed E-state index contributed by atoms with van der Waals surface area (Å²) in [6.07, 6.45) is 8.73. The van der Waals surface area contributed by atoms with Crippen LogP contribution in [0.3, 0.4) is 0 Å². The SMILES string of the molecule is C[C@H](Cc1cccs1)N=C1C=CCC(=O)C1=C1Cc2cc3c(cc2N1)C(=O)N(CCCN1CCCC1)C3=O. The summed E-state index contributed by atoms with van der Waals surface area (Å²) in [6, 6.07) is 7.81. The number of thiophene rings is 1. The number of hydrogen-bond acceptors (Lipinski definition) is 7.